The maximum atomic E-state index is 13.2. The minimum Gasteiger partial charge on any atom is -0.494 e. The summed E-state index contributed by atoms with van der Waals surface area (Å²) >= 11 is 0. The molecule has 18 heteroatoms. The molecule has 4 aromatic rings. The van der Waals surface area contributed by atoms with Crippen LogP contribution >= 0.6 is 0 Å². The molecule has 0 amide bonds. The van der Waals surface area contributed by atoms with E-state index < -0.39 is 47.3 Å². The van der Waals surface area contributed by atoms with E-state index in [1.165, 1.54) is 44.6 Å². The van der Waals surface area contributed by atoms with Gasteiger partial charge in [-0.1, -0.05) is 36.4 Å². The molecule has 0 radical (unpaired) electrons. The maximum Gasteiger partial charge on any atom is 1.00 e. The average molecular weight is 753 g/mol. The van der Waals surface area contributed by atoms with Gasteiger partial charge in [0.1, 0.15) is 27.0 Å². The van der Waals surface area contributed by atoms with Crippen LogP contribution in [0.3, 0.4) is 0 Å². The Balaban J connectivity index is 0.00000523. The van der Waals surface area contributed by atoms with Crippen molar-refractivity contribution in [3.8, 4) is 22.6 Å². The second-order valence-corrected chi connectivity index (χ2v) is 13.8. The first-order chi connectivity index (χ1) is 24.2. The van der Waals surface area contributed by atoms with Crippen molar-refractivity contribution in [3.05, 3.63) is 112 Å². The summed E-state index contributed by atoms with van der Waals surface area (Å²) in [6.45, 7) is 0. The van der Waals surface area contributed by atoms with Crippen molar-refractivity contribution in [2.24, 2.45) is 10.2 Å². The van der Waals surface area contributed by atoms with E-state index in [0.29, 0.717) is 28.3 Å². The quantitative estimate of drug-likeness (QED) is 0.0710. The Morgan fingerprint density at radius 2 is 1.21 bits per heavy atom. The minimum absolute atomic E-state index is 0. The van der Waals surface area contributed by atoms with Gasteiger partial charge in [-0.25, -0.2) is 0 Å². The second-order valence-electron chi connectivity index (χ2n) is 11.0. The van der Waals surface area contributed by atoms with E-state index in [1.54, 1.807) is 48.5 Å². The third-order valence-electron chi connectivity index (χ3n) is 7.87. The molecule has 0 unspecified atom stereocenters. The number of allylic oxidation sites excluding steroid dienone is 2. The van der Waals surface area contributed by atoms with Gasteiger partial charge in [0, 0.05) is 22.4 Å². The Morgan fingerprint density at radius 3 is 1.77 bits per heavy atom. The summed E-state index contributed by atoms with van der Waals surface area (Å²) in [6, 6.07) is 20.2. The molecule has 4 aromatic carbocycles. The van der Waals surface area contributed by atoms with Crippen LogP contribution in [0.2, 0.25) is 0 Å². The van der Waals surface area contributed by atoms with Gasteiger partial charge in [0.05, 0.1) is 25.6 Å². The summed E-state index contributed by atoms with van der Waals surface area (Å²) in [5, 5.41) is 8.14. The van der Waals surface area contributed by atoms with Crippen LogP contribution in [-0.2, 0) is 20.2 Å². The first-order valence-electron chi connectivity index (χ1n) is 14.7. The van der Waals surface area contributed by atoms with Gasteiger partial charge >= 0.3 is 29.6 Å². The van der Waals surface area contributed by atoms with E-state index in [2.05, 4.69) is 21.1 Å². The Kier molecular flexibility index (Phi) is 10.9. The number of ketones is 2. The fourth-order valence-corrected chi connectivity index (χ4v) is 6.79. The first kappa shape index (κ1) is 38.1. The number of carbonyl (C=O) groups is 2. The number of fused-ring (bicyclic) bond motifs is 2. The van der Waals surface area contributed by atoms with E-state index in [0.717, 1.165) is 12.2 Å². The summed E-state index contributed by atoms with van der Waals surface area (Å²) in [7, 11) is -6.71. The van der Waals surface area contributed by atoms with Gasteiger partial charge in [-0.15, -0.1) is 0 Å². The van der Waals surface area contributed by atoms with Gasteiger partial charge in [0.25, 0.3) is 20.2 Å². The number of anilines is 3. The van der Waals surface area contributed by atoms with Crippen LogP contribution in [-0.4, -0.2) is 63.2 Å². The van der Waals surface area contributed by atoms with Gasteiger partial charge in [0.15, 0.2) is 5.71 Å². The van der Waals surface area contributed by atoms with Crippen LogP contribution in [0, 0.1) is 0 Å². The molecule has 0 atom stereocenters. The topological polar surface area (TPSA) is 236 Å². The van der Waals surface area contributed by atoms with E-state index in [1.807, 2.05) is 0 Å². The Bertz CT molecular complexity index is 2510. The number of hydrogen-bond donors (Lipinski definition) is 5. The summed E-state index contributed by atoms with van der Waals surface area (Å²) in [5.74, 6) is -0.744. The van der Waals surface area contributed by atoms with Gasteiger partial charge < -0.3 is 15.2 Å². The van der Waals surface area contributed by atoms with Gasteiger partial charge in [-0.3, -0.25) is 29.5 Å². The van der Waals surface area contributed by atoms with Crippen molar-refractivity contribution < 1.29 is 74.6 Å². The molecule has 0 bridgehead atoms. The van der Waals surface area contributed by atoms with Crippen LogP contribution in [0.5, 0.6) is 11.5 Å². The molecule has 2 aliphatic carbocycles. The maximum absolute atomic E-state index is 13.2. The zero-order valence-corrected chi connectivity index (χ0v) is 31.2. The number of nitrogen functional groups attached to an aromatic ring is 1. The molecule has 0 aliphatic heterocycles. The molecule has 0 heterocycles. The molecule has 52 heavy (non-hydrogen) atoms. The molecule has 2 aliphatic rings. The molecule has 0 saturated heterocycles. The number of carbonyl (C=O) groups excluding carboxylic acids is 2. The van der Waals surface area contributed by atoms with E-state index in [9.17, 15) is 35.5 Å². The predicted molar refractivity (Wildman–Crippen MR) is 192 cm³/mol. The molecule has 0 spiro atoms. The van der Waals surface area contributed by atoms with Crippen LogP contribution in [0.15, 0.2) is 100 Å². The fraction of sp³-hybridized carbons (Fsp3) is 0.0588. The van der Waals surface area contributed by atoms with Crippen LogP contribution in [0.25, 0.3) is 22.1 Å². The number of benzene rings is 4. The second kappa shape index (κ2) is 14.8. The smallest absolute Gasteiger partial charge is 0.494 e. The molecule has 0 fully saturated rings. The van der Waals surface area contributed by atoms with Crippen molar-refractivity contribution in [1.82, 2.24) is 0 Å². The number of rotatable bonds is 9. The van der Waals surface area contributed by atoms with Crippen molar-refractivity contribution in [1.29, 1.82) is 0 Å². The Morgan fingerprint density at radius 1 is 0.654 bits per heavy atom. The molecular weight excluding hydrogens is 726 g/mol. The van der Waals surface area contributed by atoms with E-state index >= 15 is 0 Å². The molecule has 260 valence electrons. The summed E-state index contributed by atoms with van der Waals surface area (Å²) < 4.78 is 79.1. The van der Waals surface area contributed by atoms with Crippen molar-refractivity contribution in [2.45, 2.75) is 0 Å². The number of hydrazone groups is 2. The number of hydrogen-bond acceptors (Lipinski definition) is 13. The number of ether oxygens (including phenoxy) is 2. The minimum atomic E-state index is -4.85. The summed E-state index contributed by atoms with van der Waals surface area (Å²) in [4.78, 5) is 25.1. The standard InChI is InChI=1S/C34H27N5O10S2.Na/c1-48-28-14-18(7-11-25(28)36-38-27-17-30(50(42,43)44)23-5-3-4-6-24(23)33(27)40)19-8-12-26(29(15-19)49-2)37-39-32-31(51(45,46)47)16-20-13-21(35)9-10-22(20)34(32)41;/h3-17,36-37H,35H2,1-2H3,(H,42,43,44)(H,45,46,47);/q;+1/b38-27-,39-32-;. The van der Waals surface area contributed by atoms with Gasteiger partial charge in [-0.2, -0.15) is 27.0 Å². The molecule has 0 saturated carbocycles. The number of Topliss-reactive ketones (excluding diaryl/α,β-unsaturated/α-hetero) is 2. The summed E-state index contributed by atoms with van der Waals surface area (Å²) in [6.07, 6.45) is 2.10. The first-order valence-corrected chi connectivity index (χ1v) is 17.6. The van der Waals surface area contributed by atoms with Crippen molar-refractivity contribution >= 4 is 71.3 Å². The molecule has 6 rings (SSSR count). The normalized spacial score (nSPS) is 15.5. The zero-order chi connectivity index (χ0) is 36.7. The van der Waals surface area contributed by atoms with E-state index in [4.69, 9.17) is 15.2 Å². The van der Waals surface area contributed by atoms with Gasteiger partial charge in [0.2, 0.25) is 11.6 Å². The molecule has 15 nitrogen and oxygen atoms in total. The van der Waals surface area contributed by atoms with Crippen molar-refractivity contribution in [3.63, 3.8) is 0 Å². The number of nitrogens with one attached hydrogen (secondary N) is 2. The third kappa shape index (κ3) is 7.56. The Hall–Kier alpha value is -5.14. The van der Waals surface area contributed by atoms with Crippen LogP contribution < -0.4 is 55.6 Å². The molecule has 0 aromatic heterocycles. The zero-order valence-electron chi connectivity index (χ0n) is 27.6. The van der Waals surface area contributed by atoms with Gasteiger partial charge in [-0.05, 0) is 71.3 Å². The molecular formula is C34H27N5NaO10S2+. The monoisotopic (exact) mass is 752 g/mol. The number of methoxy groups -OCH3 is 2. The van der Waals surface area contributed by atoms with E-state index in [-0.39, 0.29) is 69.0 Å². The van der Waals surface area contributed by atoms with Crippen LogP contribution in [0.1, 0.15) is 31.8 Å². The van der Waals surface area contributed by atoms with Crippen molar-refractivity contribution in [2.75, 3.05) is 30.8 Å². The largest absolute Gasteiger partial charge is 1.00 e. The Labute approximate surface area is 319 Å². The number of nitrogens with zero attached hydrogens (tertiary/aromatic N) is 2. The number of nitrogens with two attached hydrogens (primary N) is 1. The SMILES string of the molecule is COc1cc(-c2ccc(N/N=C3\C(=O)c4ccc(N)cc4C=C3S(=O)(=O)O)c(OC)c2)ccc1N/N=C1/C=C(S(=O)(=O)O)c2ccccc2C1=O.[Na+]. The molecule has 6 N–H and O–H groups in total. The predicted octanol–water partition coefficient (Wildman–Crippen LogP) is 1.74. The van der Waals surface area contributed by atoms with Crippen LogP contribution in [0.4, 0.5) is 17.1 Å². The third-order valence-corrected chi connectivity index (χ3v) is 9.63. The fourth-order valence-electron chi connectivity index (χ4n) is 5.42. The average Bonchev–Trinajstić information content (AvgIpc) is 3.09. The summed E-state index contributed by atoms with van der Waals surface area (Å²) in [5.41, 5.74) is 13.0.